The molecule has 0 heterocycles. The van der Waals surface area contributed by atoms with Crippen LogP contribution in [0.4, 0.5) is 4.39 Å². The molecule has 3 rings (SSSR count). The number of nitrogens with one attached hydrogen (secondary N) is 1. The summed E-state index contributed by atoms with van der Waals surface area (Å²) in [5, 5.41) is 11.8. The van der Waals surface area contributed by atoms with E-state index in [1.165, 1.54) is 32.1 Å². The van der Waals surface area contributed by atoms with E-state index in [0.717, 1.165) is 6.07 Å². The van der Waals surface area contributed by atoms with E-state index in [9.17, 15) is 19.1 Å². The second-order valence-corrected chi connectivity index (χ2v) is 6.42. The van der Waals surface area contributed by atoms with Crippen LogP contribution in [0.5, 0.6) is 11.5 Å². The number of benzene rings is 2. The van der Waals surface area contributed by atoms with Crippen molar-refractivity contribution in [1.82, 2.24) is 5.32 Å². The molecular weight excluding hydrogens is 353 g/mol. The van der Waals surface area contributed by atoms with E-state index in [2.05, 4.69) is 5.32 Å². The van der Waals surface area contributed by atoms with Gasteiger partial charge in [0, 0.05) is 5.56 Å². The fourth-order valence-electron chi connectivity index (χ4n) is 2.57. The van der Waals surface area contributed by atoms with Gasteiger partial charge < -0.3 is 19.9 Å². The normalized spacial score (nSPS) is 14.3. The van der Waals surface area contributed by atoms with Gasteiger partial charge in [-0.25, -0.2) is 9.18 Å². The van der Waals surface area contributed by atoms with Gasteiger partial charge in [0.1, 0.15) is 5.75 Å². The van der Waals surface area contributed by atoms with Gasteiger partial charge in [-0.05, 0) is 60.7 Å². The number of carboxylic acid groups (broad SMARTS) is 1. The first-order chi connectivity index (χ1) is 13.0. The maximum atomic E-state index is 13.9. The Labute approximate surface area is 155 Å². The highest BCUT2D eigenvalue weighted by Crippen LogP contribution is 2.29. The summed E-state index contributed by atoms with van der Waals surface area (Å²) in [6.45, 7) is 0.662. The van der Waals surface area contributed by atoms with E-state index in [0.29, 0.717) is 18.3 Å². The van der Waals surface area contributed by atoms with E-state index < -0.39 is 23.7 Å². The van der Waals surface area contributed by atoms with Crippen LogP contribution in [0.3, 0.4) is 0 Å². The molecule has 6 nitrogen and oxygen atoms in total. The van der Waals surface area contributed by atoms with Crippen LogP contribution in [0.2, 0.25) is 0 Å². The second kappa shape index (κ2) is 8.07. The van der Waals surface area contributed by atoms with Crippen molar-refractivity contribution in [2.75, 3.05) is 13.7 Å². The minimum atomic E-state index is -1.39. The van der Waals surface area contributed by atoms with Crippen molar-refractivity contribution in [3.8, 4) is 11.5 Å². The minimum Gasteiger partial charge on any atom is -0.494 e. The lowest BCUT2D eigenvalue weighted by atomic mass is 10.1. The molecular formula is C20H20FNO5. The fourth-order valence-corrected chi connectivity index (χ4v) is 2.57. The van der Waals surface area contributed by atoms with Crippen LogP contribution in [0.1, 0.15) is 34.8 Å². The third-order valence-electron chi connectivity index (χ3n) is 4.33. The SMILES string of the molecule is COc1ccc(C(NC(=O)c2ccc(OCC3CC3)cc2)C(=O)O)cc1F. The van der Waals surface area contributed by atoms with Gasteiger partial charge in [-0.1, -0.05) is 6.07 Å². The number of carboxylic acids is 1. The Hall–Kier alpha value is -3.09. The van der Waals surface area contributed by atoms with Crippen molar-refractivity contribution >= 4 is 11.9 Å². The molecule has 0 radical (unpaired) electrons. The number of methoxy groups -OCH3 is 1. The Balaban J connectivity index is 1.69. The monoisotopic (exact) mass is 373 g/mol. The zero-order valence-corrected chi connectivity index (χ0v) is 14.8. The Morgan fingerprint density at radius 3 is 2.48 bits per heavy atom. The molecule has 1 amide bonds. The summed E-state index contributed by atoms with van der Waals surface area (Å²) in [5.41, 5.74) is 0.396. The third-order valence-corrected chi connectivity index (χ3v) is 4.33. The van der Waals surface area contributed by atoms with Crippen molar-refractivity contribution in [2.45, 2.75) is 18.9 Å². The number of rotatable bonds is 8. The first-order valence-electron chi connectivity index (χ1n) is 8.58. The number of carbonyl (C=O) groups excluding carboxylic acids is 1. The molecule has 0 saturated heterocycles. The van der Waals surface area contributed by atoms with Gasteiger partial charge in [-0.2, -0.15) is 0 Å². The minimum absolute atomic E-state index is 0.00370. The lowest BCUT2D eigenvalue weighted by molar-refractivity contribution is -0.139. The molecule has 0 spiro atoms. The zero-order valence-electron chi connectivity index (χ0n) is 14.8. The smallest absolute Gasteiger partial charge is 0.330 e. The van der Waals surface area contributed by atoms with Gasteiger partial charge in [0.05, 0.1) is 13.7 Å². The Bertz CT molecular complexity index is 833. The molecule has 0 bridgehead atoms. The fraction of sp³-hybridized carbons (Fsp3) is 0.300. The summed E-state index contributed by atoms with van der Waals surface area (Å²) in [4.78, 5) is 23.9. The Morgan fingerprint density at radius 1 is 1.22 bits per heavy atom. The van der Waals surface area contributed by atoms with Gasteiger partial charge >= 0.3 is 5.97 Å². The topological polar surface area (TPSA) is 84.9 Å². The van der Waals surface area contributed by atoms with Crippen molar-refractivity contribution in [3.05, 3.63) is 59.4 Å². The van der Waals surface area contributed by atoms with Crippen LogP contribution in [-0.4, -0.2) is 30.7 Å². The lowest BCUT2D eigenvalue weighted by Gasteiger charge is -2.16. The number of carbonyl (C=O) groups is 2. The number of hydrogen-bond acceptors (Lipinski definition) is 4. The molecule has 1 aliphatic rings. The van der Waals surface area contributed by atoms with Crippen LogP contribution in [0.25, 0.3) is 0 Å². The number of halogens is 1. The van der Waals surface area contributed by atoms with E-state index in [-0.39, 0.29) is 16.9 Å². The highest BCUT2D eigenvalue weighted by atomic mass is 19.1. The summed E-state index contributed by atoms with van der Waals surface area (Å²) in [7, 11) is 1.31. The molecule has 2 aromatic carbocycles. The van der Waals surface area contributed by atoms with Crippen LogP contribution in [0.15, 0.2) is 42.5 Å². The first-order valence-corrected chi connectivity index (χ1v) is 8.58. The van der Waals surface area contributed by atoms with Crippen molar-refractivity contribution in [2.24, 2.45) is 5.92 Å². The molecule has 1 atom stereocenters. The highest BCUT2D eigenvalue weighted by molar-refractivity contribution is 5.96. The van der Waals surface area contributed by atoms with E-state index >= 15 is 0 Å². The van der Waals surface area contributed by atoms with Crippen LogP contribution >= 0.6 is 0 Å². The summed E-state index contributed by atoms with van der Waals surface area (Å²) < 4.78 is 24.3. The van der Waals surface area contributed by atoms with Gasteiger partial charge in [-0.15, -0.1) is 0 Å². The average Bonchev–Trinajstić information content (AvgIpc) is 3.49. The number of aliphatic carboxylic acids is 1. The summed E-state index contributed by atoms with van der Waals surface area (Å²) in [5.74, 6) is -1.30. The molecule has 27 heavy (non-hydrogen) atoms. The van der Waals surface area contributed by atoms with E-state index in [1.807, 2.05) is 0 Å². The van der Waals surface area contributed by atoms with E-state index in [4.69, 9.17) is 9.47 Å². The van der Waals surface area contributed by atoms with Gasteiger partial charge in [0.25, 0.3) is 5.91 Å². The standard InChI is InChI=1S/C20H20FNO5/c1-26-17-9-6-14(10-16(17)21)18(20(24)25)22-19(23)13-4-7-15(8-5-13)27-11-12-2-3-12/h4-10,12,18H,2-3,11H2,1H3,(H,22,23)(H,24,25). The average molecular weight is 373 g/mol. The van der Waals surface area contributed by atoms with Gasteiger partial charge in [0.2, 0.25) is 0 Å². The lowest BCUT2D eigenvalue weighted by Crippen LogP contribution is -2.33. The van der Waals surface area contributed by atoms with Crippen molar-refractivity contribution in [1.29, 1.82) is 0 Å². The molecule has 1 aliphatic carbocycles. The largest absolute Gasteiger partial charge is 0.494 e. The predicted molar refractivity (Wildman–Crippen MR) is 95.5 cm³/mol. The maximum Gasteiger partial charge on any atom is 0.330 e. The number of hydrogen-bond donors (Lipinski definition) is 2. The molecule has 0 aliphatic heterocycles. The van der Waals surface area contributed by atoms with Crippen LogP contribution < -0.4 is 14.8 Å². The maximum absolute atomic E-state index is 13.9. The van der Waals surface area contributed by atoms with Gasteiger partial charge in [-0.3, -0.25) is 4.79 Å². The molecule has 2 N–H and O–H groups in total. The molecule has 1 fully saturated rings. The third kappa shape index (κ3) is 4.75. The van der Waals surface area contributed by atoms with Gasteiger partial charge in [0.15, 0.2) is 17.6 Å². The molecule has 1 saturated carbocycles. The molecule has 142 valence electrons. The Morgan fingerprint density at radius 2 is 1.93 bits per heavy atom. The highest BCUT2D eigenvalue weighted by Gasteiger charge is 2.24. The predicted octanol–water partition coefficient (Wildman–Crippen LogP) is 3.18. The van der Waals surface area contributed by atoms with Crippen molar-refractivity contribution < 1.29 is 28.6 Å². The molecule has 7 heteroatoms. The first kappa shape index (κ1) is 18.7. The summed E-state index contributed by atoms with van der Waals surface area (Å²) in [6.07, 6.45) is 2.37. The Kier molecular flexibility index (Phi) is 5.59. The second-order valence-electron chi connectivity index (χ2n) is 6.42. The van der Waals surface area contributed by atoms with Crippen LogP contribution in [0, 0.1) is 11.7 Å². The summed E-state index contributed by atoms with van der Waals surface area (Å²) >= 11 is 0. The molecule has 2 aromatic rings. The van der Waals surface area contributed by atoms with E-state index in [1.54, 1.807) is 24.3 Å². The molecule has 1 unspecified atom stereocenters. The summed E-state index contributed by atoms with van der Waals surface area (Å²) in [6, 6.07) is 8.82. The van der Waals surface area contributed by atoms with Crippen LogP contribution in [-0.2, 0) is 4.79 Å². The number of amides is 1. The zero-order chi connectivity index (χ0) is 19.4. The quantitative estimate of drug-likeness (QED) is 0.742. The molecule has 0 aromatic heterocycles. The van der Waals surface area contributed by atoms with Crippen molar-refractivity contribution in [3.63, 3.8) is 0 Å². The number of ether oxygens (including phenoxy) is 2.